The lowest BCUT2D eigenvalue weighted by Crippen LogP contribution is -2.15. The van der Waals surface area contributed by atoms with Crippen molar-refractivity contribution in [3.05, 3.63) is 176 Å². The van der Waals surface area contributed by atoms with Gasteiger partial charge in [0.2, 0.25) is 0 Å². The van der Waals surface area contributed by atoms with Crippen molar-refractivity contribution in [2.45, 2.75) is 93.9 Å². The third kappa shape index (κ3) is 5.25. The van der Waals surface area contributed by atoms with Gasteiger partial charge in [0.05, 0.1) is 0 Å². The lowest BCUT2D eigenvalue weighted by molar-refractivity contribution is 0.659. The predicted molar refractivity (Wildman–Crippen MR) is 241 cm³/mol. The topological polar surface area (TPSA) is 0 Å². The van der Waals surface area contributed by atoms with Gasteiger partial charge in [-0.15, -0.1) is 0 Å². The van der Waals surface area contributed by atoms with Crippen LogP contribution in [0.1, 0.15) is 94.5 Å². The van der Waals surface area contributed by atoms with Gasteiger partial charge in [-0.3, -0.25) is 0 Å². The van der Waals surface area contributed by atoms with E-state index in [-0.39, 0.29) is 10.8 Å². The molecule has 0 heterocycles. The Kier molecular flexibility index (Phi) is 8.09. The smallest absolute Gasteiger partial charge is 0.0159 e. The number of hydrogen-bond donors (Lipinski definition) is 0. The summed E-state index contributed by atoms with van der Waals surface area (Å²) in [5.41, 5.74) is 32.4. The molecule has 0 heteroatoms. The summed E-state index contributed by atoms with van der Waals surface area (Å²) in [7, 11) is 0. The van der Waals surface area contributed by atoms with Gasteiger partial charge in [-0.25, -0.2) is 0 Å². The van der Waals surface area contributed by atoms with Crippen molar-refractivity contribution in [3.63, 3.8) is 0 Å². The Balaban J connectivity index is 1.08. The van der Waals surface area contributed by atoms with Crippen LogP contribution < -0.4 is 0 Å². The minimum Gasteiger partial charge on any atom is -0.0587 e. The molecule has 9 rings (SSSR count). The van der Waals surface area contributed by atoms with Gasteiger partial charge in [-0.05, 0) is 167 Å². The maximum atomic E-state index is 2.41. The lowest BCUT2D eigenvalue weighted by Gasteiger charge is -2.23. The van der Waals surface area contributed by atoms with E-state index in [9.17, 15) is 0 Å². The monoisotopic (exact) mass is 726 g/mol. The third-order valence-electron chi connectivity index (χ3n) is 13.7. The molecule has 56 heavy (non-hydrogen) atoms. The first-order chi connectivity index (χ1) is 26.6. The molecular formula is C56H54. The second-order valence-electron chi connectivity index (χ2n) is 18.2. The Morgan fingerprint density at radius 3 is 0.911 bits per heavy atom. The molecular weight excluding hydrogens is 673 g/mol. The number of hydrogen-bond acceptors (Lipinski definition) is 0. The second kappa shape index (κ2) is 12.5. The van der Waals surface area contributed by atoms with E-state index in [2.05, 4.69) is 192 Å². The fourth-order valence-corrected chi connectivity index (χ4v) is 10.5. The zero-order chi connectivity index (χ0) is 39.6. The van der Waals surface area contributed by atoms with Crippen molar-refractivity contribution in [2.75, 3.05) is 0 Å². The van der Waals surface area contributed by atoms with E-state index < -0.39 is 0 Å². The molecule has 0 amide bonds. The molecule has 2 aliphatic carbocycles. The molecule has 0 unspecified atom stereocenters. The molecule has 7 aromatic rings. The van der Waals surface area contributed by atoms with Gasteiger partial charge in [0, 0.05) is 10.8 Å². The van der Waals surface area contributed by atoms with Crippen LogP contribution in [0, 0.1) is 55.4 Å². The van der Waals surface area contributed by atoms with Gasteiger partial charge in [0.1, 0.15) is 0 Å². The largest absolute Gasteiger partial charge is 0.0587 e. The van der Waals surface area contributed by atoms with E-state index in [1.807, 2.05) is 0 Å². The molecule has 278 valence electrons. The fourth-order valence-electron chi connectivity index (χ4n) is 10.5. The number of aryl methyl sites for hydroxylation is 4. The lowest BCUT2D eigenvalue weighted by atomic mass is 9.80. The van der Waals surface area contributed by atoms with Crippen molar-refractivity contribution in [2.24, 2.45) is 0 Å². The van der Waals surface area contributed by atoms with Crippen molar-refractivity contribution in [1.29, 1.82) is 0 Å². The van der Waals surface area contributed by atoms with Crippen LogP contribution in [-0.2, 0) is 10.8 Å². The highest BCUT2D eigenvalue weighted by Crippen LogP contribution is 2.54. The zero-order valence-electron chi connectivity index (χ0n) is 35.4. The molecule has 0 radical (unpaired) electrons. The van der Waals surface area contributed by atoms with Crippen LogP contribution in [-0.4, -0.2) is 0 Å². The Bertz CT molecular complexity index is 2560. The summed E-state index contributed by atoms with van der Waals surface area (Å²) < 4.78 is 0. The molecule has 7 aromatic carbocycles. The number of benzene rings is 7. The van der Waals surface area contributed by atoms with Crippen molar-refractivity contribution >= 4 is 0 Å². The number of rotatable bonds is 4. The first-order valence-electron chi connectivity index (χ1n) is 20.4. The summed E-state index contributed by atoms with van der Waals surface area (Å²) in [4.78, 5) is 0. The van der Waals surface area contributed by atoms with Crippen molar-refractivity contribution in [3.8, 4) is 66.8 Å². The zero-order valence-corrected chi connectivity index (χ0v) is 35.4. The Hall–Kier alpha value is -5.46. The summed E-state index contributed by atoms with van der Waals surface area (Å²) in [6.45, 7) is 27.7. The van der Waals surface area contributed by atoms with Crippen LogP contribution in [0.15, 0.2) is 109 Å². The Morgan fingerprint density at radius 1 is 0.268 bits per heavy atom. The van der Waals surface area contributed by atoms with Gasteiger partial charge < -0.3 is 0 Å². The SMILES string of the molecule is Cc1ccc2c(c1)C(C)(C)c1cc(C)cc(-c3ccc(-c4c(C)c(C)c(-c5ccc(-c6cc(C)cc7c6-c6ccc(C)cc6C7(C)C)cc5)c(C)c4C)cc3)c1-2. The highest BCUT2D eigenvalue weighted by atomic mass is 14.4. The second-order valence-corrected chi connectivity index (χ2v) is 18.2. The van der Waals surface area contributed by atoms with E-state index in [1.165, 1.54) is 134 Å². The van der Waals surface area contributed by atoms with E-state index >= 15 is 0 Å². The predicted octanol–water partition coefficient (Wildman–Crippen LogP) is 15.4. The Labute approximate surface area is 335 Å². The molecule has 0 nitrogen and oxygen atoms in total. The number of fused-ring (bicyclic) bond motifs is 6. The van der Waals surface area contributed by atoms with Crippen LogP contribution in [0.4, 0.5) is 0 Å². The summed E-state index contributed by atoms with van der Waals surface area (Å²) in [6.07, 6.45) is 0. The van der Waals surface area contributed by atoms with Crippen LogP contribution in [0.2, 0.25) is 0 Å². The fraction of sp³-hybridized carbons (Fsp3) is 0.250. The molecule has 0 spiro atoms. The highest BCUT2D eigenvalue weighted by molar-refractivity contribution is 5.95. The molecule has 0 aliphatic heterocycles. The van der Waals surface area contributed by atoms with E-state index in [0.717, 1.165) is 0 Å². The molecule has 0 aromatic heterocycles. The van der Waals surface area contributed by atoms with Gasteiger partial charge in [-0.1, -0.05) is 159 Å². The molecule has 0 fully saturated rings. The van der Waals surface area contributed by atoms with Crippen LogP contribution in [0.3, 0.4) is 0 Å². The van der Waals surface area contributed by atoms with Gasteiger partial charge in [0.15, 0.2) is 0 Å². The third-order valence-corrected chi connectivity index (χ3v) is 13.7. The molecule has 0 bridgehead atoms. The van der Waals surface area contributed by atoms with Crippen molar-refractivity contribution in [1.82, 2.24) is 0 Å². The summed E-state index contributed by atoms with van der Waals surface area (Å²) >= 11 is 0. The van der Waals surface area contributed by atoms with Crippen LogP contribution >= 0.6 is 0 Å². The highest BCUT2D eigenvalue weighted by Gasteiger charge is 2.38. The van der Waals surface area contributed by atoms with E-state index in [4.69, 9.17) is 0 Å². The summed E-state index contributed by atoms with van der Waals surface area (Å²) in [6, 6.07) is 42.4. The van der Waals surface area contributed by atoms with Crippen LogP contribution in [0.5, 0.6) is 0 Å². The first kappa shape index (κ1) is 36.2. The van der Waals surface area contributed by atoms with Gasteiger partial charge in [-0.2, -0.15) is 0 Å². The first-order valence-corrected chi connectivity index (χ1v) is 20.4. The van der Waals surface area contributed by atoms with E-state index in [0.29, 0.717) is 0 Å². The normalized spacial score (nSPS) is 14.4. The maximum absolute atomic E-state index is 2.41. The summed E-state index contributed by atoms with van der Waals surface area (Å²) in [5, 5.41) is 0. The standard InChI is InChI=1S/C56H54/c1-31-13-23-43-47(27-31)55(9,10)49-29-33(3)25-45(53(43)49)39-15-19-41(20-16-39)51-35(5)37(7)52(38(8)36(51)6)42-21-17-40(18-22-42)46-26-34(4)30-50-54(46)44-24-14-32(2)28-48(44)56(50,11)12/h13-30H,1-12H3. The molecule has 0 atom stereocenters. The molecule has 2 aliphatic rings. The van der Waals surface area contributed by atoms with Gasteiger partial charge in [0.25, 0.3) is 0 Å². The van der Waals surface area contributed by atoms with Crippen LogP contribution in [0.25, 0.3) is 66.8 Å². The Morgan fingerprint density at radius 2 is 0.571 bits per heavy atom. The van der Waals surface area contributed by atoms with E-state index in [1.54, 1.807) is 0 Å². The minimum absolute atomic E-state index is 0.0218. The summed E-state index contributed by atoms with van der Waals surface area (Å²) in [5.74, 6) is 0. The van der Waals surface area contributed by atoms with Gasteiger partial charge >= 0.3 is 0 Å². The average molecular weight is 727 g/mol. The minimum atomic E-state index is -0.0218. The molecule has 0 saturated carbocycles. The van der Waals surface area contributed by atoms with Crippen molar-refractivity contribution < 1.29 is 0 Å². The maximum Gasteiger partial charge on any atom is 0.0159 e. The average Bonchev–Trinajstić information content (AvgIpc) is 3.52. The molecule has 0 saturated heterocycles. The quantitative estimate of drug-likeness (QED) is 0.169. The molecule has 0 N–H and O–H groups in total.